The highest BCUT2D eigenvalue weighted by Crippen LogP contribution is 2.40. The van der Waals surface area contributed by atoms with Gasteiger partial charge in [0.1, 0.15) is 30.2 Å². The summed E-state index contributed by atoms with van der Waals surface area (Å²) in [5.74, 6) is 0.349. The molecule has 1 fully saturated rings. The lowest BCUT2D eigenvalue weighted by molar-refractivity contribution is -0.0240. The van der Waals surface area contributed by atoms with Crippen LogP contribution in [0.5, 0.6) is 0 Å². The summed E-state index contributed by atoms with van der Waals surface area (Å²) < 4.78 is 7.27. The van der Waals surface area contributed by atoms with Crippen molar-refractivity contribution in [3.63, 3.8) is 0 Å². The topological polar surface area (TPSA) is 132 Å². The number of aliphatic hydroxyl groups excluding tert-OH is 2. The number of anilines is 1. The largest absolute Gasteiger partial charge is 0.394 e. The van der Waals surface area contributed by atoms with Crippen LogP contribution in [0.1, 0.15) is 18.7 Å². The fourth-order valence-corrected chi connectivity index (χ4v) is 2.65. The van der Waals surface area contributed by atoms with E-state index in [0.717, 1.165) is 0 Å². The van der Waals surface area contributed by atoms with Gasteiger partial charge in [0.2, 0.25) is 0 Å². The highest BCUT2D eigenvalue weighted by Gasteiger charge is 2.51. The predicted octanol–water partition coefficient (Wildman–Crippen LogP) is -1.18. The number of fused-ring (bicyclic) bond motifs is 1. The second-order valence-corrected chi connectivity index (χ2v) is 5.25. The second kappa shape index (κ2) is 4.38. The van der Waals surface area contributed by atoms with Gasteiger partial charge in [-0.2, -0.15) is 5.10 Å². The molecule has 0 aliphatic carbocycles. The third-order valence-corrected chi connectivity index (χ3v) is 3.82. The van der Waals surface area contributed by atoms with E-state index in [0.29, 0.717) is 17.0 Å². The average molecular weight is 279 g/mol. The fourth-order valence-electron chi connectivity index (χ4n) is 2.65. The molecule has 2 aromatic rings. The molecule has 1 aliphatic rings. The molecule has 20 heavy (non-hydrogen) atoms. The summed E-state index contributed by atoms with van der Waals surface area (Å²) in [4.78, 5) is 3.91. The van der Waals surface area contributed by atoms with E-state index in [1.165, 1.54) is 6.33 Å². The minimum absolute atomic E-state index is 0.301. The van der Waals surface area contributed by atoms with Crippen LogP contribution < -0.4 is 11.5 Å². The number of rotatable bonds is 2. The molecule has 1 saturated heterocycles. The molecule has 4 unspecified atom stereocenters. The SMILES string of the molecule is CC1(N)C(c2ccc3c(N)ncnn23)OC(CO)C1O. The monoisotopic (exact) mass is 279 g/mol. The van der Waals surface area contributed by atoms with E-state index >= 15 is 0 Å². The number of hydrogen-bond donors (Lipinski definition) is 4. The number of nitrogen functional groups attached to an aromatic ring is 1. The molecular formula is C12H17N5O3. The average Bonchev–Trinajstić information content (AvgIpc) is 2.92. The molecule has 8 heteroatoms. The van der Waals surface area contributed by atoms with Crippen LogP contribution in [0.2, 0.25) is 0 Å². The molecule has 0 bridgehead atoms. The third kappa shape index (κ3) is 1.70. The minimum Gasteiger partial charge on any atom is -0.394 e. The summed E-state index contributed by atoms with van der Waals surface area (Å²) in [6, 6.07) is 3.55. The molecule has 4 atom stereocenters. The van der Waals surface area contributed by atoms with Crippen molar-refractivity contribution in [3.8, 4) is 0 Å². The molecule has 108 valence electrons. The van der Waals surface area contributed by atoms with Crippen LogP contribution in [-0.2, 0) is 4.74 Å². The summed E-state index contributed by atoms with van der Waals surface area (Å²) in [5.41, 5.74) is 12.2. The lowest BCUT2D eigenvalue weighted by Crippen LogP contribution is -2.51. The molecule has 0 amide bonds. The normalized spacial score (nSPS) is 33.9. The lowest BCUT2D eigenvalue weighted by Gasteiger charge is -2.27. The Morgan fingerprint density at radius 2 is 2.25 bits per heavy atom. The first-order valence-corrected chi connectivity index (χ1v) is 6.28. The molecule has 3 heterocycles. The Morgan fingerprint density at radius 3 is 2.90 bits per heavy atom. The van der Waals surface area contributed by atoms with Crippen LogP contribution in [0.15, 0.2) is 18.5 Å². The smallest absolute Gasteiger partial charge is 0.151 e. The molecule has 2 aromatic heterocycles. The quantitative estimate of drug-likeness (QED) is 0.544. The molecule has 3 rings (SSSR count). The zero-order valence-corrected chi connectivity index (χ0v) is 11.0. The molecule has 1 aliphatic heterocycles. The van der Waals surface area contributed by atoms with Crippen LogP contribution in [-0.4, -0.2) is 49.2 Å². The van der Waals surface area contributed by atoms with Crippen LogP contribution in [0.4, 0.5) is 5.82 Å². The maximum absolute atomic E-state index is 10.1. The second-order valence-electron chi connectivity index (χ2n) is 5.25. The minimum atomic E-state index is -1.04. The van der Waals surface area contributed by atoms with Gasteiger partial charge in [0.15, 0.2) is 5.82 Å². The van der Waals surface area contributed by atoms with Gasteiger partial charge in [-0.05, 0) is 19.1 Å². The first-order chi connectivity index (χ1) is 9.46. The van der Waals surface area contributed by atoms with Gasteiger partial charge in [-0.25, -0.2) is 9.50 Å². The van der Waals surface area contributed by atoms with Crippen molar-refractivity contribution >= 4 is 11.3 Å². The van der Waals surface area contributed by atoms with Crippen molar-refractivity contribution in [1.29, 1.82) is 0 Å². The molecule has 0 aromatic carbocycles. The van der Waals surface area contributed by atoms with E-state index in [9.17, 15) is 10.2 Å². The lowest BCUT2D eigenvalue weighted by atomic mass is 9.88. The van der Waals surface area contributed by atoms with Crippen molar-refractivity contribution in [2.24, 2.45) is 5.73 Å². The first kappa shape index (κ1) is 13.3. The maximum atomic E-state index is 10.1. The molecule has 0 saturated carbocycles. The summed E-state index contributed by atoms with van der Waals surface area (Å²) in [6.45, 7) is 1.38. The van der Waals surface area contributed by atoms with Crippen LogP contribution in [0.3, 0.4) is 0 Å². The van der Waals surface area contributed by atoms with Crippen LogP contribution in [0.25, 0.3) is 5.52 Å². The number of aromatic nitrogens is 3. The zero-order valence-electron chi connectivity index (χ0n) is 11.0. The highest BCUT2D eigenvalue weighted by atomic mass is 16.5. The Hall–Kier alpha value is -1.74. The summed E-state index contributed by atoms with van der Waals surface area (Å²) in [6.07, 6.45) is -0.956. The van der Waals surface area contributed by atoms with Gasteiger partial charge < -0.3 is 26.4 Å². The summed E-state index contributed by atoms with van der Waals surface area (Å²) >= 11 is 0. The molecule has 0 spiro atoms. The van der Waals surface area contributed by atoms with Gasteiger partial charge in [0.05, 0.1) is 17.8 Å². The Labute approximate surface area is 115 Å². The molecular weight excluding hydrogens is 262 g/mol. The van der Waals surface area contributed by atoms with Gasteiger partial charge in [0, 0.05) is 0 Å². The van der Waals surface area contributed by atoms with E-state index in [4.69, 9.17) is 16.2 Å². The van der Waals surface area contributed by atoms with Gasteiger partial charge in [-0.1, -0.05) is 0 Å². The van der Waals surface area contributed by atoms with Gasteiger partial charge >= 0.3 is 0 Å². The van der Waals surface area contributed by atoms with Crippen molar-refractivity contribution < 1.29 is 14.9 Å². The van der Waals surface area contributed by atoms with Crippen molar-refractivity contribution in [3.05, 3.63) is 24.2 Å². The van der Waals surface area contributed by atoms with Crippen molar-refractivity contribution in [2.45, 2.75) is 30.8 Å². The maximum Gasteiger partial charge on any atom is 0.151 e. The number of nitrogens with two attached hydrogens (primary N) is 2. The fraction of sp³-hybridized carbons (Fsp3) is 0.500. The van der Waals surface area contributed by atoms with Gasteiger partial charge in [-0.3, -0.25) is 0 Å². The Kier molecular flexibility index (Phi) is 2.91. The zero-order chi connectivity index (χ0) is 14.5. The third-order valence-electron chi connectivity index (χ3n) is 3.82. The summed E-state index contributed by atoms with van der Waals surface area (Å²) in [7, 11) is 0. The summed E-state index contributed by atoms with van der Waals surface area (Å²) in [5, 5.41) is 23.5. The van der Waals surface area contributed by atoms with E-state index in [1.807, 2.05) is 0 Å². The Bertz CT molecular complexity index is 641. The standard InChI is InChI=1S/C12H17N5O3/c1-12(14)9(19)8(4-18)20-10(12)6-2-3-7-11(13)15-5-16-17(6)7/h2-3,5,8-10,18-19H,4,14H2,1H3,(H2,13,15,16). The van der Waals surface area contributed by atoms with E-state index in [1.54, 1.807) is 23.6 Å². The van der Waals surface area contributed by atoms with Crippen LogP contribution in [0, 0.1) is 0 Å². The predicted molar refractivity (Wildman–Crippen MR) is 70.7 cm³/mol. The van der Waals surface area contributed by atoms with Gasteiger partial charge in [-0.15, -0.1) is 0 Å². The molecule has 8 nitrogen and oxygen atoms in total. The van der Waals surface area contributed by atoms with Crippen molar-refractivity contribution in [2.75, 3.05) is 12.3 Å². The number of aliphatic hydroxyl groups is 2. The first-order valence-electron chi connectivity index (χ1n) is 6.28. The Morgan fingerprint density at radius 1 is 1.50 bits per heavy atom. The molecule has 6 N–H and O–H groups in total. The van der Waals surface area contributed by atoms with E-state index in [-0.39, 0.29) is 6.61 Å². The Balaban J connectivity index is 2.10. The highest BCUT2D eigenvalue weighted by molar-refractivity contribution is 5.65. The van der Waals surface area contributed by atoms with E-state index in [2.05, 4.69) is 10.1 Å². The number of nitrogens with zero attached hydrogens (tertiary/aromatic N) is 3. The number of ether oxygens (including phenoxy) is 1. The van der Waals surface area contributed by atoms with Gasteiger partial charge in [0.25, 0.3) is 0 Å². The molecule has 0 radical (unpaired) electrons. The van der Waals surface area contributed by atoms with Crippen LogP contribution >= 0.6 is 0 Å². The number of hydrogen-bond acceptors (Lipinski definition) is 7. The van der Waals surface area contributed by atoms with E-state index < -0.39 is 23.9 Å². The van der Waals surface area contributed by atoms with Crippen molar-refractivity contribution in [1.82, 2.24) is 14.6 Å².